The number of hydrazine groups is 1. The molecule has 3 N–H and O–H groups in total. The Bertz CT molecular complexity index is 688. The summed E-state index contributed by atoms with van der Waals surface area (Å²) in [4.78, 5) is 14.3. The van der Waals surface area contributed by atoms with E-state index in [4.69, 9.17) is 5.84 Å². The predicted octanol–water partition coefficient (Wildman–Crippen LogP) is 2.33. The Kier molecular flexibility index (Phi) is 2.94. The third-order valence-corrected chi connectivity index (χ3v) is 4.26. The van der Waals surface area contributed by atoms with Crippen LogP contribution in [0.3, 0.4) is 0 Å². The summed E-state index contributed by atoms with van der Waals surface area (Å²) in [5.41, 5.74) is 3.66. The summed E-state index contributed by atoms with van der Waals surface area (Å²) in [6.07, 6.45) is 0.640. The minimum absolute atomic E-state index is 0.640. The molecule has 0 radical (unpaired) electrons. The zero-order valence-corrected chi connectivity index (χ0v) is 11.3. The number of aromatic nitrogens is 3. The van der Waals surface area contributed by atoms with Crippen LogP contribution in [0.25, 0.3) is 10.2 Å². The molecule has 0 unspecified atom stereocenters. The molecule has 0 aliphatic carbocycles. The molecular formula is C11H11N5S2. The molecule has 5 nitrogen and oxygen atoms in total. The fourth-order valence-corrected chi connectivity index (χ4v) is 3.26. The average molecular weight is 277 g/mol. The number of rotatable bonds is 3. The number of nitrogen functional groups attached to an aromatic ring is 1. The molecule has 0 aromatic carbocycles. The van der Waals surface area contributed by atoms with E-state index in [-0.39, 0.29) is 0 Å². The van der Waals surface area contributed by atoms with Gasteiger partial charge in [-0.2, -0.15) is 0 Å². The van der Waals surface area contributed by atoms with Gasteiger partial charge in [0.1, 0.15) is 15.7 Å². The molecule has 3 aromatic rings. The summed E-state index contributed by atoms with van der Waals surface area (Å²) in [5, 5.41) is 5.99. The van der Waals surface area contributed by atoms with E-state index < -0.39 is 0 Å². The van der Waals surface area contributed by atoms with E-state index in [2.05, 4.69) is 20.4 Å². The number of nitrogens with two attached hydrogens (primary N) is 1. The van der Waals surface area contributed by atoms with E-state index in [1.165, 1.54) is 0 Å². The van der Waals surface area contributed by atoms with Gasteiger partial charge in [-0.15, -0.1) is 22.7 Å². The SMILES string of the molecule is Cc1csc(Cc2nc(NN)c3ccsc3n2)n1. The molecule has 3 rings (SSSR count). The molecule has 0 aliphatic rings. The monoisotopic (exact) mass is 277 g/mol. The number of thiazole rings is 1. The molecule has 0 atom stereocenters. The number of hydrogen-bond acceptors (Lipinski definition) is 7. The largest absolute Gasteiger partial charge is 0.308 e. The molecule has 0 fully saturated rings. The highest BCUT2D eigenvalue weighted by molar-refractivity contribution is 7.16. The van der Waals surface area contributed by atoms with E-state index in [0.717, 1.165) is 26.7 Å². The first-order chi connectivity index (χ1) is 8.76. The Morgan fingerprint density at radius 2 is 2.17 bits per heavy atom. The number of aryl methyl sites for hydroxylation is 1. The molecule has 0 amide bonds. The van der Waals surface area contributed by atoms with E-state index in [9.17, 15) is 0 Å². The maximum Gasteiger partial charge on any atom is 0.152 e. The van der Waals surface area contributed by atoms with Crippen molar-refractivity contribution in [3.63, 3.8) is 0 Å². The molecule has 3 heterocycles. The van der Waals surface area contributed by atoms with Crippen molar-refractivity contribution in [3.05, 3.63) is 33.4 Å². The smallest absolute Gasteiger partial charge is 0.152 e. The van der Waals surface area contributed by atoms with Crippen LogP contribution in [-0.4, -0.2) is 15.0 Å². The van der Waals surface area contributed by atoms with Crippen molar-refractivity contribution >= 4 is 38.7 Å². The second-order valence-electron chi connectivity index (χ2n) is 3.83. The maximum atomic E-state index is 5.49. The number of nitrogens with zero attached hydrogens (tertiary/aromatic N) is 3. The molecule has 0 saturated heterocycles. The van der Waals surface area contributed by atoms with Gasteiger partial charge in [0.2, 0.25) is 0 Å². The van der Waals surface area contributed by atoms with Gasteiger partial charge in [0, 0.05) is 11.1 Å². The van der Waals surface area contributed by atoms with E-state index >= 15 is 0 Å². The van der Waals surface area contributed by atoms with Gasteiger partial charge in [0.15, 0.2) is 5.82 Å². The molecule has 92 valence electrons. The highest BCUT2D eigenvalue weighted by Gasteiger charge is 2.10. The van der Waals surface area contributed by atoms with Crippen LogP contribution in [-0.2, 0) is 6.42 Å². The minimum Gasteiger partial charge on any atom is -0.308 e. The summed E-state index contributed by atoms with van der Waals surface area (Å²) >= 11 is 3.21. The molecule has 0 saturated carbocycles. The molecule has 0 aliphatic heterocycles. The second-order valence-corrected chi connectivity index (χ2v) is 5.67. The van der Waals surface area contributed by atoms with Crippen molar-refractivity contribution in [1.29, 1.82) is 0 Å². The van der Waals surface area contributed by atoms with Gasteiger partial charge in [0.05, 0.1) is 11.8 Å². The summed E-state index contributed by atoms with van der Waals surface area (Å²) in [5.74, 6) is 6.91. The quantitative estimate of drug-likeness (QED) is 0.567. The van der Waals surface area contributed by atoms with Gasteiger partial charge in [-0.25, -0.2) is 20.8 Å². The molecule has 0 bridgehead atoms. The van der Waals surface area contributed by atoms with E-state index in [0.29, 0.717) is 12.2 Å². The third-order valence-electron chi connectivity index (χ3n) is 2.48. The van der Waals surface area contributed by atoms with Crippen molar-refractivity contribution < 1.29 is 0 Å². The Hall–Kier alpha value is -1.57. The first kappa shape index (κ1) is 11.5. The normalized spacial score (nSPS) is 11.0. The Balaban J connectivity index is 2.01. The summed E-state index contributed by atoms with van der Waals surface area (Å²) in [6.45, 7) is 1.98. The van der Waals surface area contributed by atoms with Gasteiger partial charge < -0.3 is 5.43 Å². The minimum atomic E-state index is 0.640. The number of anilines is 1. The summed E-state index contributed by atoms with van der Waals surface area (Å²) in [6, 6.07) is 1.96. The zero-order valence-electron chi connectivity index (χ0n) is 9.67. The zero-order chi connectivity index (χ0) is 12.5. The molecule has 18 heavy (non-hydrogen) atoms. The van der Waals surface area contributed by atoms with Crippen molar-refractivity contribution in [2.24, 2.45) is 5.84 Å². The lowest BCUT2D eigenvalue weighted by atomic mass is 10.3. The number of fused-ring (bicyclic) bond motifs is 1. The Morgan fingerprint density at radius 3 is 2.89 bits per heavy atom. The first-order valence-electron chi connectivity index (χ1n) is 5.38. The van der Waals surface area contributed by atoms with Crippen LogP contribution < -0.4 is 11.3 Å². The van der Waals surface area contributed by atoms with Gasteiger partial charge in [-0.3, -0.25) is 0 Å². The van der Waals surface area contributed by atoms with Crippen LogP contribution in [0.5, 0.6) is 0 Å². The lowest BCUT2D eigenvalue weighted by molar-refractivity contribution is 0.973. The highest BCUT2D eigenvalue weighted by atomic mass is 32.1. The molecule has 3 aromatic heterocycles. The standard InChI is InChI=1S/C11H11N5S2/c1-6-5-18-9(13-6)4-8-14-10(16-12)7-2-3-17-11(7)15-8/h2-3,5H,4,12H2,1H3,(H,14,15,16). The van der Waals surface area contributed by atoms with Gasteiger partial charge in [0.25, 0.3) is 0 Å². The topological polar surface area (TPSA) is 76.7 Å². The van der Waals surface area contributed by atoms with Gasteiger partial charge in [-0.1, -0.05) is 0 Å². The fourth-order valence-electron chi connectivity index (χ4n) is 1.71. The fraction of sp³-hybridized carbons (Fsp3) is 0.182. The van der Waals surface area contributed by atoms with Gasteiger partial charge in [-0.05, 0) is 18.4 Å². The van der Waals surface area contributed by atoms with Crippen molar-refractivity contribution in [2.45, 2.75) is 13.3 Å². The van der Waals surface area contributed by atoms with Crippen LogP contribution in [0.1, 0.15) is 16.5 Å². The van der Waals surface area contributed by atoms with Crippen LogP contribution in [0.15, 0.2) is 16.8 Å². The van der Waals surface area contributed by atoms with Crippen LogP contribution >= 0.6 is 22.7 Å². The van der Waals surface area contributed by atoms with Crippen LogP contribution in [0, 0.1) is 6.92 Å². The van der Waals surface area contributed by atoms with Crippen LogP contribution in [0.2, 0.25) is 0 Å². The van der Waals surface area contributed by atoms with E-state index in [1.54, 1.807) is 22.7 Å². The molecule has 7 heteroatoms. The molecule has 0 spiro atoms. The predicted molar refractivity (Wildman–Crippen MR) is 74.9 cm³/mol. The average Bonchev–Trinajstić information content (AvgIpc) is 2.97. The number of nitrogens with one attached hydrogen (secondary N) is 1. The number of hydrogen-bond donors (Lipinski definition) is 2. The molecular weight excluding hydrogens is 266 g/mol. The van der Waals surface area contributed by atoms with Crippen molar-refractivity contribution in [1.82, 2.24) is 15.0 Å². The highest BCUT2D eigenvalue weighted by Crippen LogP contribution is 2.25. The lowest BCUT2D eigenvalue weighted by Gasteiger charge is -2.03. The maximum absolute atomic E-state index is 5.49. The lowest BCUT2D eigenvalue weighted by Crippen LogP contribution is -2.10. The summed E-state index contributed by atoms with van der Waals surface area (Å²) in [7, 11) is 0. The number of thiophene rings is 1. The van der Waals surface area contributed by atoms with Crippen molar-refractivity contribution in [2.75, 3.05) is 5.43 Å². The Labute approximate surface area is 112 Å². The first-order valence-corrected chi connectivity index (χ1v) is 7.14. The Morgan fingerprint density at radius 1 is 1.28 bits per heavy atom. The van der Waals surface area contributed by atoms with E-state index in [1.807, 2.05) is 23.8 Å². The summed E-state index contributed by atoms with van der Waals surface area (Å²) < 4.78 is 0. The van der Waals surface area contributed by atoms with Crippen LogP contribution in [0.4, 0.5) is 5.82 Å². The third kappa shape index (κ3) is 2.07. The van der Waals surface area contributed by atoms with Crippen molar-refractivity contribution in [3.8, 4) is 0 Å². The second kappa shape index (κ2) is 4.60. The van der Waals surface area contributed by atoms with Gasteiger partial charge >= 0.3 is 0 Å².